The summed E-state index contributed by atoms with van der Waals surface area (Å²) in [5.74, 6) is 0.358. The molecule has 0 N–H and O–H groups in total. The molecule has 1 saturated carbocycles. The molecule has 0 nitrogen and oxygen atoms in total. The van der Waals surface area contributed by atoms with E-state index in [-0.39, 0.29) is 11.6 Å². The molecule has 3 aromatic rings. The molecule has 0 aliphatic heterocycles. The van der Waals surface area contributed by atoms with Gasteiger partial charge in [-0.2, -0.15) is 0 Å². The molecule has 0 unspecified atom stereocenters. The summed E-state index contributed by atoms with van der Waals surface area (Å²) in [5.41, 5.74) is 0.784. The van der Waals surface area contributed by atoms with Gasteiger partial charge in [0.25, 0.3) is 0 Å². The Balaban J connectivity index is 1.73. The Morgan fingerprint density at radius 2 is 1.73 bits per heavy atom. The number of aryl methyl sites for hydroxylation is 1. The van der Waals surface area contributed by atoms with Crippen molar-refractivity contribution in [2.24, 2.45) is 5.92 Å². The Bertz CT molecular complexity index is 828. The number of hydrogen-bond acceptors (Lipinski definition) is 1. The number of hydrogen-bond donors (Lipinski definition) is 0. The zero-order chi connectivity index (χ0) is 15.1. The zero-order valence-corrected chi connectivity index (χ0v) is 13.2. The van der Waals surface area contributed by atoms with Crippen molar-refractivity contribution >= 4 is 31.5 Å². The van der Waals surface area contributed by atoms with Crippen LogP contribution in [0.5, 0.6) is 0 Å². The van der Waals surface area contributed by atoms with Gasteiger partial charge < -0.3 is 0 Å². The van der Waals surface area contributed by atoms with Gasteiger partial charge in [-0.15, -0.1) is 11.3 Å². The van der Waals surface area contributed by atoms with Gasteiger partial charge in [0.2, 0.25) is 0 Å². The molecule has 114 valence electrons. The van der Waals surface area contributed by atoms with E-state index in [1.807, 2.05) is 18.2 Å². The van der Waals surface area contributed by atoms with E-state index in [9.17, 15) is 8.78 Å². The summed E-state index contributed by atoms with van der Waals surface area (Å²) in [6.07, 6.45) is 7.09. The van der Waals surface area contributed by atoms with Crippen LogP contribution in [-0.4, -0.2) is 0 Å². The third kappa shape index (κ3) is 2.32. The Morgan fingerprint density at radius 3 is 2.55 bits per heavy atom. The van der Waals surface area contributed by atoms with Crippen molar-refractivity contribution in [1.82, 2.24) is 0 Å². The van der Waals surface area contributed by atoms with Crippen molar-refractivity contribution in [3.63, 3.8) is 0 Å². The predicted molar refractivity (Wildman–Crippen MR) is 89.5 cm³/mol. The van der Waals surface area contributed by atoms with Crippen molar-refractivity contribution in [1.29, 1.82) is 0 Å². The maximum atomic E-state index is 14.8. The second-order valence-corrected chi connectivity index (χ2v) is 7.34. The molecule has 4 rings (SSSR count). The van der Waals surface area contributed by atoms with E-state index < -0.39 is 0 Å². The first-order chi connectivity index (χ1) is 10.7. The van der Waals surface area contributed by atoms with E-state index in [1.54, 1.807) is 6.07 Å². The van der Waals surface area contributed by atoms with Gasteiger partial charge in [0, 0.05) is 10.8 Å². The minimum absolute atomic E-state index is 0.143. The van der Waals surface area contributed by atoms with E-state index in [1.165, 1.54) is 43.1 Å². The van der Waals surface area contributed by atoms with Gasteiger partial charge in [0.15, 0.2) is 0 Å². The van der Waals surface area contributed by atoms with Gasteiger partial charge >= 0.3 is 0 Å². The van der Waals surface area contributed by atoms with Gasteiger partial charge in [-0.25, -0.2) is 8.78 Å². The minimum Gasteiger partial charge on any atom is -0.205 e. The van der Waals surface area contributed by atoms with Crippen LogP contribution in [0.25, 0.3) is 20.2 Å². The van der Waals surface area contributed by atoms with Gasteiger partial charge in [0.1, 0.15) is 11.6 Å². The highest BCUT2D eigenvalue weighted by Gasteiger charge is 2.18. The lowest BCUT2D eigenvalue weighted by molar-refractivity contribution is 0.496. The fourth-order valence-corrected chi connectivity index (χ4v) is 4.85. The Hall–Kier alpha value is -1.48. The first-order valence-electron chi connectivity index (χ1n) is 8.02. The molecule has 1 heterocycles. The highest BCUT2D eigenvalue weighted by atomic mass is 32.1. The standard InChI is InChI=1S/C19H18F2S/c20-16-7-3-6-14-15-11-10-13(9-8-12-4-1-2-5-12)17(21)19(15)22-18(14)16/h3,6-7,10-12H,1-2,4-5,8-9H2. The monoisotopic (exact) mass is 316 g/mol. The maximum absolute atomic E-state index is 14.8. The van der Waals surface area contributed by atoms with Crippen LogP contribution < -0.4 is 0 Å². The van der Waals surface area contributed by atoms with Crippen LogP contribution >= 0.6 is 11.3 Å². The van der Waals surface area contributed by atoms with Gasteiger partial charge in [-0.1, -0.05) is 49.9 Å². The molecule has 1 aliphatic rings. The van der Waals surface area contributed by atoms with E-state index in [0.29, 0.717) is 9.40 Å². The lowest BCUT2D eigenvalue weighted by Crippen LogP contribution is -1.98. The van der Waals surface area contributed by atoms with Crippen LogP contribution in [0.15, 0.2) is 30.3 Å². The third-order valence-corrected chi connectivity index (χ3v) is 6.16. The first-order valence-corrected chi connectivity index (χ1v) is 8.84. The largest absolute Gasteiger partial charge is 0.205 e. The molecule has 2 aromatic carbocycles. The molecule has 3 heteroatoms. The molecular formula is C19H18F2S. The second-order valence-electron chi connectivity index (χ2n) is 6.32. The predicted octanol–water partition coefficient (Wildman–Crippen LogP) is 6.46. The fourth-order valence-electron chi connectivity index (χ4n) is 3.69. The molecule has 22 heavy (non-hydrogen) atoms. The average Bonchev–Trinajstić information content (AvgIpc) is 3.15. The summed E-state index contributed by atoms with van der Waals surface area (Å²) < 4.78 is 29.9. The van der Waals surface area contributed by atoms with Crippen LogP contribution in [0.1, 0.15) is 37.7 Å². The van der Waals surface area contributed by atoms with Crippen molar-refractivity contribution < 1.29 is 8.78 Å². The summed E-state index contributed by atoms with van der Waals surface area (Å²) in [6.45, 7) is 0. The van der Waals surface area contributed by atoms with Crippen molar-refractivity contribution in [3.05, 3.63) is 47.5 Å². The summed E-state index contributed by atoms with van der Waals surface area (Å²) in [4.78, 5) is 0. The van der Waals surface area contributed by atoms with Crippen molar-refractivity contribution in [3.8, 4) is 0 Å². The van der Waals surface area contributed by atoms with Crippen LogP contribution in [0.4, 0.5) is 8.78 Å². The first kappa shape index (κ1) is 14.1. The Morgan fingerprint density at radius 1 is 0.955 bits per heavy atom. The number of benzene rings is 2. The van der Waals surface area contributed by atoms with Crippen LogP contribution in [0.2, 0.25) is 0 Å². The Labute approximate surface area is 132 Å². The van der Waals surface area contributed by atoms with Gasteiger partial charge in [-0.3, -0.25) is 0 Å². The summed E-state index contributed by atoms with van der Waals surface area (Å²) >= 11 is 1.24. The molecule has 0 spiro atoms. The highest BCUT2D eigenvalue weighted by molar-refractivity contribution is 7.25. The molecule has 0 radical (unpaired) electrons. The third-order valence-electron chi connectivity index (χ3n) is 4.94. The van der Waals surface area contributed by atoms with Crippen LogP contribution in [0, 0.1) is 17.6 Å². The number of thiophene rings is 1. The summed E-state index contributed by atoms with van der Waals surface area (Å²) in [7, 11) is 0. The SMILES string of the molecule is Fc1cccc2c1sc1c(F)c(CCC3CCCC3)ccc12. The lowest BCUT2D eigenvalue weighted by atomic mass is 9.97. The van der Waals surface area contributed by atoms with E-state index >= 15 is 0 Å². The average molecular weight is 316 g/mol. The zero-order valence-electron chi connectivity index (χ0n) is 12.4. The topological polar surface area (TPSA) is 0 Å². The number of rotatable bonds is 3. The lowest BCUT2D eigenvalue weighted by Gasteiger charge is -2.09. The second kappa shape index (κ2) is 5.62. The van der Waals surface area contributed by atoms with E-state index in [0.717, 1.165) is 35.1 Å². The number of fused-ring (bicyclic) bond motifs is 3. The molecule has 1 fully saturated rings. The van der Waals surface area contributed by atoms with Crippen molar-refractivity contribution in [2.75, 3.05) is 0 Å². The summed E-state index contributed by atoms with van der Waals surface area (Å²) in [5, 5.41) is 1.66. The van der Waals surface area contributed by atoms with Crippen molar-refractivity contribution in [2.45, 2.75) is 38.5 Å². The molecule has 1 aliphatic carbocycles. The molecule has 0 atom stereocenters. The molecule has 0 bridgehead atoms. The van der Waals surface area contributed by atoms with E-state index in [4.69, 9.17) is 0 Å². The Kier molecular flexibility index (Phi) is 3.61. The van der Waals surface area contributed by atoms with Gasteiger partial charge in [-0.05, 0) is 30.4 Å². The molecular weight excluding hydrogens is 298 g/mol. The van der Waals surface area contributed by atoms with E-state index in [2.05, 4.69) is 0 Å². The number of halogens is 2. The molecule has 0 saturated heterocycles. The smallest absolute Gasteiger partial charge is 0.144 e. The molecule has 0 amide bonds. The molecule has 1 aromatic heterocycles. The van der Waals surface area contributed by atoms with Gasteiger partial charge in [0.05, 0.1) is 9.40 Å². The fraction of sp³-hybridized carbons (Fsp3) is 0.368. The quantitative estimate of drug-likeness (QED) is 0.520. The maximum Gasteiger partial charge on any atom is 0.144 e. The normalized spacial score (nSPS) is 16.1. The minimum atomic E-state index is -0.259. The highest BCUT2D eigenvalue weighted by Crippen LogP contribution is 2.38. The summed E-state index contributed by atoms with van der Waals surface area (Å²) in [6, 6.07) is 8.85. The van der Waals surface area contributed by atoms with Crippen LogP contribution in [-0.2, 0) is 6.42 Å². The van der Waals surface area contributed by atoms with Crippen LogP contribution in [0.3, 0.4) is 0 Å².